The van der Waals surface area contributed by atoms with Gasteiger partial charge in [0.1, 0.15) is 11.5 Å². The highest BCUT2D eigenvalue weighted by molar-refractivity contribution is 5.84. The molecule has 2 bridgehead atoms. The summed E-state index contributed by atoms with van der Waals surface area (Å²) in [6.07, 6.45) is 4.62. The van der Waals surface area contributed by atoms with Crippen molar-refractivity contribution in [3.05, 3.63) is 24.8 Å². The first-order valence-electron chi connectivity index (χ1n) is 8.74. The number of rotatable bonds is 1. The standard InChI is InChI=1S/C19H26O4/c1-4-18-9-7-13-17(3)8-5-6-11(2)12(17)10-14(20)19(13,15(18)21)23-16(18)22/h4,12-15,20-21H,1-2,5-10H2,3H3. The highest BCUT2D eigenvalue weighted by Crippen LogP contribution is 2.67. The lowest BCUT2D eigenvalue weighted by Crippen LogP contribution is -2.69. The van der Waals surface area contributed by atoms with Crippen molar-refractivity contribution in [1.82, 2.24) is 0 Å². The van der Waals surface area contributed by atoms with Gasteiger partial charge >= 0.3 is 5.97 Å². The molecule has 4 nitrogen and oxygen atoms in total. The Balaban J connectivity index is 1.85. The van der Waals surface area contributed by atoms with E-state index in [9.17, 15) is 15.0 Å². The van der Waals surface area contributed by atoms with Gasteiger partial charge in [0.25, 0.3) is 0 Å². The van der Waals surface area contributed by atoms with Crippen molar-refractivity contribution in [2.45, 2.75) is 63.3 Å². The fraction of sp³-hybridized carbons (Fsp3) is 0.737. The first kappa shape index (κ1) is 15.4. The second-order valence-corrected chi connectivity index (χ2v) is 8.30. The summed E-state index contributed by atoms with van der Waals surface area (Å²) in [7, 11) is 0. The molecule has 23 heavy (non-hydrogen) atoms. The van der Waals surface area contributed by atoms with E-state index in [0.717, 1.165) is 25.7 Å². The third kappa shape index (κ3) is 1.52. The van der Waals surface area contributed by atoms with E-state index in [0.29, 0.717) is 12.8 Å². The number of aliphatic hydroxyl groups is 2. The van der Waals surface area contributed by atoms with Crippen LogP contribution < -0.4 is 0 Å². The van der Waals surface area contributed by atoms with E-state index < -0.39 is 29.2 Å². The molecule has 0 aromatic rings. The van der Waals surface area contributed by atoms with Gasteiger partial charge in [-0.3, -0.25) is 4.79 Å². The SMILES string of the molecule is C=CC12CCC3C4(C)CCCC(=C)C4CC(O)C3(OC1=O)C2O. The second kappa shape index (κ2) is 4.48. The fourth-order valence-electron chi connectivity index (χ4n) is 6.33. The zero-order valence-corrected chi connectivity index (χ0v) is 13.8. The predicted molar refractivity (Wildman–Crippen MR) is 85.4 cm³/mol. The lowest BCUT2D eigenvalue weighted by atomic mass is 9.44. The highest BCUT2D eigenvalue weighted by atomic mass is 16.6. The van der Waals surface area contributed by atoms with E-state index in [1.54, 1.807) is 0 Å². The molecule has 0 radical (unpaired) electrons. The number of esters is 1. The lowest BCUT2D eigenvalue weighted by molar-refractivity contribution is -0.241. The first-order chi connectivity index (χ1) is 10.8. The predicted octanol–water partition coefficient (Wildman–Crippen LogP) is 2.35. The van der Waals surface area contributed by atoms with Crippen LogP contribution in [0.25, 0.3) is 0 Å². The molecule has 2 N–H and O–H groups in total. The van der Waals surface area contributed by atoms with Crippen LogP contribution in [0.15, 0.2) is 24.8 Å². The maximum atomic E-state index is 12.6. The maximum absolute atomic E-state index is 12.6. The molecular weight excluding hydrogens is 292 g/mol. The molecule has 0 amide bonds. The Labute approximate surface area is 137 Å². The minimum absolute atomic E-state index is 0.0321. The van der Waals surface area contributed by atoms with Crippen LogP contribution in [0.4, 0.5) is 0 Å². The van der Waals surface area contributed by atoms with E-state index in [-0.39, 0.29) is 17.3 Å². The largest absolute Gasteiger partial charge is 0.452 e. The van der Waals surface area contributed by atoms with Crippen molar-refractivity contribution in [3.8, 4) is 0 Å². The van der Waals surface area contributed by atoms with Gasteiger partial charge in [0, 0.05) is 5.92 Å². The molecule has 4 aliphatic rings. The van der Waals surface area contributed by atoms with Crippen LogP contribution in [0.1, 0.15) is 45.4 Å². The Morgan fingerprint density at radius 1 is 1.35 bits per heavy atom. The summed E-state index contributed by atoms with van der Waals surface area (Å²) in [5, 5.41) is 22.0. The second-order valence-electron chi connectivity index (χ2n) is 8.30. The number of carbonyl (C=O) groups excluding carboxylic acids is 1. The van der Waals surface area contributed by atoms with Crippen LogP contribution in [0.2, 0.25) is 0 Å². The molecule has 4 rings (SSSR count). The molecular formula is C19H26O4. The van der Waals surface area contributed by atoms with Crippen molar-refractivity contribution in [1.29, 1.82) is 0 Å². The zero-order valence-electron chi connectivity index (χ0n) is 13.8. The minimum Gasteiger partial charge on any atom is -0.452 e. The molecule has 3 aliphatic carbocycles. The smallest absolute Gasteiger partial charge is 0.319 e. The van der Waals surface area contributed by atoms with Gasteiger partial charge in [-0.2, -0.15) is 0 Å². The van der Waals surface area contributed by atoms with Crippen molar-refractivity contribution in [2.24, 2.45) is 22.7 Å². The summed E-state index contributed by atoms with van der Waals surface area (Å²) < 4.78 is 5.81. The first-order valence-corrected chi connectivity index (χ1v) is 8.74. The zero-order chi connectivity index (χ0) is 16.6. The van der Waals surface area contributed by atoms with Gasteiger partial charge in [-0.25, -0.2) is 0 Å². The summed E-state index contributed by atoms with van der Waals surface area (Å²) in [6, 6.07) is 0. The van der Waals surface area contributed by atoms with E-state index in [1.807, 2.05) is 0 Å². The quantitative estimate of drug-likeness (QED) is 0.575. The third-order valence-electron chi connectivity index (χ3n) is 7.60. The Hall–Kier alpha value is -1.13. The summed E-state index contributed by atoms with van der Waals surface area (Å²) in [4.78, 5) is 12.6. The Bertz CT molecular complexity index is 598. The lowest BCUT2D eigenvalue weighted by Gasteiger charge is -2.61. The van der Waals surface area contributed by atoms with Gasteiger partial charge in [0.05, 0.1) is 6.10 Å². The molecule has 126 valence electrons. The molecule has 1 spiro atoms. The molecule has 1 aliphatic heterocycles. The van der Waals surface area contributed by atoms with Gasteiger partial charge in [0.15, 0.2) is 5.60 Å². The van der Waals surface area contributed by atoms with Gasteiger partial charge in [-0.15, -0.1) is 6.58 Å². The number of ether oxygens (including phenoxy) is 1. The van der Waals surface area contributed by atoms with E-state index in [1.165, 1.54) is 11.6 Å². The Morgan fingerprint density at radius 2 is 2.09 bits per heavy atom. The normalized spacial score (nSPS) is 54.9. The minimum atomic E-state index is -1.17. The average molecular weight is 318 g/mol. The number of hydrogen-bond donors (Lipinski definition) is 2. The topological polar surface area (TPSA) is 66.8 Å². The van der Waals surface area contributed by atoms with Crippen molar-refractivity contribution in [3.63, 3.8) is 0 Å². The highest BCUT2D eigenvalue weighted by Gasteiger charge is 2.76. The summed E-state index contributed by atoms with van der Waals surface area (Å²) in [5.74, 6) is -0.210. The Morgan fingerprint density at radius 3 is 2.78 bits per heavy atom. The molecule has 0 aromatic heterocycles. The van der Waals surface area contributed by atoms with Crippen molar-refractivity contribution < 1.29 is 19.7 Å². The molecule has 1 saturated heterocycles. The molecule has 4 heteroatoms. The van der Waals surface area contributed by atoms with E-state index in [2.05, 4.69) is 20.1 Å². The van der Waals surface area contributed by atoms with Crippen LogP contribution in [0.5, 0.6) is 0 Å². The van der Waals surface area contributed by atoms with Gasteiger partial charge in [-0.1, -0.05) is 25.2 Å². The summed E-state index contributed by atoms with van der Waals surface area (Å²) in [5.41, 5.74) is -1.10. The monoisotopic (exact) mass is 318 g/mol. The molecule has 4 fully saturated rings. The van der Waals surface area contributed by atoms with Crippen LogP contribution in [-0.2, 0) is 9.53 Å². The fourth-order valence-corrected chi connectivity index (χ4v) is 6.33. The van der Waals surface area contributed by atoms with E-state index in [4.69, 9.17) is 4.74 Å². The van der Waals surface area contributed by atoms with Gasteiger partial charge in [-0.05, 0) is 49.9 Å². The van der Waals surface area contributed by atoms with Gasteiger partial charge in [0.2, 0.25) is 0 Å². The molecule has 0 aromatic carbocycles. The van der Waals surface area contributed by atoms with Crippen LogP contribution in [0, 0.1) is 22.7 Å². The van der Waals surface area contributed by atoms with Crippen LogP contribution in [0.3, 0.4) is 0 Å². The number of hydrogen-bond acceptors (Lipinski definition) is 4. The van der Waals surface area contributed by atoms with Crippen LogP contribution >= 0.6 is 0 Å². The number of fused-ring (bicyclic) bond motifs is 3. The molecule has 7 atom stereocenters. The molecule has 1 heterocycles. The van der Waals surface area contributed by atoms with Crippen molar-refractivity contribution >= 4 is 5.97 Å². The van der Waals surface area contributed by atoms with Crippen LogP contribution in [-0.4, -0.2) is 34.0 Å². The third-order valence-corrected chi connectivity index (χ3v) is 7.60. The molecule has 3 saturated carbocycles. The number of aliphatic hydroxyl groups excluding tert-OH is 2. The van der Waals surface area contributed by atoms with Crippen molar-refractivity contribution in [2.75, 3.05) is 0 Å². The van der Waals surface area contributed by atoms with Gasteiger partial charge < -0.3 is 14.9 Å². The number of allylic oxidation sites excluding steroid dienone is 1. The van der Waals surface area contributed by atoms with E-state index >= 15 is 0 Å². The number of carbonyl (C=O) groups is 1. The molecule has 7 unspecified atom stereocenters. The summed E-state index contributed by atoms with van der Waals surface area (Å²) >= 11 is 0. The summed E-state index contributed by atoms with van der Waals surface area (Å²) in [6.45, 7) is 10.2. The maximum Gasteiger partial charge on any atom is 0.319 e. The average Bonchev–Trinajstić information content (AvgIpc) is 2.65. The Kier molecular flexibility index (Phi) is 3.00.